The summed E-state index contributed by atoms with van der Waals surface area (Å²) in [6, 6.07) is 16.6. The van der Waals surface area contributed by atoms with Gasteiger partial charge in [-0.15, -0.1) is 0 Å². The van der Waals surface area contributed by atoms with Crippen LogP contribution in [-0.4, -0.2) is 73.3 Å². The average Bonchev–Trinajstić information content (AvgIpc) is 3.31. The smallest absolute Gasteiger partial charge is 0.318 e. The van der Waals surface area contributed by atoms with Gasteiger partial charge in [0, 0.05) is 54.9 Å². The van der Waals surface area contributed by atoms with Gasteiger partial charge in [-0.2, -0.15) is 9.97 Å². The molecule has 2 atom stereocenters. The number of fused-ring (bicyclic) bond motifs is 2. The van der Waals surface area contributed by atoms with E-state index in [1.54, 1.807) is 0 Å². The SMILES string of the molecule is C[C@@H]1CNCCN1c1nc(OC[C@@H]2CCCN2C)nc2c1CCN(c1cccc3ccccc13)C2. The number of anilines is 2. The zero-order valence-electron chi connectivity index (χ0n) is 20.9. The molecule has 4 heterocycles. The number of likely N-dealkylation sites (N-methyl/N-ethyl adjacent to an activating group) is 1. The molecule has 3 aliphatic heterocycles. The summed E-state index contributed by atoms with van der Waals surface area (Å²) in [4.78, 5) is 17.3. The quantitative estimate of drug-likeness (QED) is 0.610. The Balaban J connectivity index is 1.34. The van der Waals surface area contributed by atoms with Crippen molar-refractivity contribution < 1.29 is 4.74 Å². The summed E-state index contributed by atoms with van der Waals surface area (Å²) >= 11 is 0. The Labute approximate surface area is 208 Å². The molecule has 35 heavy (non-hydrogen) atoms. The largest absolute Gasteiger partial charge is 0.462 e. The van der Waals surface area contributed by atoms with Gasteiger partial charge in [-0.25, -0.2) is 0 Å². The number of hydrogen-bond donors (Lipinski definition) is 1. The molecule has 2 aromatic carbocycles. The molecule has 0 bridgehead atoms. The first-order chi connectivity index (χ1) is 17.2. The standard InChI is InChI=1S/C28H36N6O/c1-20-17-29-13-16-34(20)27-24-12-15-33(26-11-5-8-21-7-3-4-10-23(21)26)18-25(24)30-28(31-27)35-19-22-9-6-14-32(22)2/h3-5,7-8,10-11,20,22,29H,6,9,12-19H2,1-2H3/t20-,22+/m1/s1. The van der Waals surface area contributed by atoms with Crippen LogP contribution in [0.4, 0.5) is 11.5 Å². The highest BCUT2D eigenvalue weighted by Crippen LogP contribution is 2.34. The average molecular weight is 473 g/mol. The van der Waals surface area contributed by atoms with Crippen molar-refractivity contribution >= 4 is 22.3 Å². The maximum atomic E-state index is 6.28. The highest BCUT2D eigenvalue weighted by molar-refractivity contribution is 5.94. The van der Waals surface area contributed by atoms with Gasteiger partial charge in [0.05, 0.1) is 12.2 Å². The topological polar surface area (TPSA) is 56.8 Å². The van der Waals surface area contributed by atoms with Crippen molar-refractivity contribution in [3.8, 4) is 6.01 Å². The van der Waals surface area contributed by atoms with E-state index >= 15 is 0 Å². The molecule has 6 rings (SSSR count). The number of hydrogen-bond acceptors (Lipinski definition) is 7. The molecular formula is C28H36N6O. The van der Waals surface area contributed by atoms with Crippen LogP contribution in [-0.2, 0) is 13.0 Å². The van der Waals surface area contributed by atoms with Crippen LogP contribution in [0.2, 0.25) is 0 Å². The van der Waals surface area contributed by atoms with E-state index in [0.29, 0.717) is 24.7 Å². The first kappa shape index (κ1) is 22.6. The molecular weight excluding hydrogens is 436 g/mol. The van der Waals surface area contributed by atoms with Gasteiger partial charge in [0.2, 0.25) is 0 Å². The van der Waals surface area contributed by atoms with E-state index in [1.165, 1.54) is 34.9 Å². The summed E-state index contributed by atoms with van der Waals surface area (Å²) in [6.45, 7) is 8.73. The summed E-state index contributed by atoms with van der Waals surface area (Å²) in [5, 5.41) is 6.08. The van der Waals surface area contributed by atoms with Gasteiger partial charge in [-0.3, -0.25) is 0 Å². The van der Waals surface area contributed by atoms with Crippen molar-refractivity contribution in [2.75, 3.05) is 56.2 Å². The Hall–Kier alpha value is -2.90. The number of rotatable bonds is 5. The molecule has 7 heteroatoms. The molecule has 2 fully saturated rings. The Morgan fingerprint density at radius 2 is 1.94 bits per heavy atom. The third kappa shape index (κ3) is 4.43. The highest BCUT2D eigenvalue weighted by Gasteiger charge is 2.30. The summed E-state index contributed by atoms with van der Waals surface area (Å²) in [5.41, 5.74) is 3.68. The summed E-state index contributed by atoms with van der Waals surface area (Å²) < 4.78 is 6.28. The van der Waals surface area contributed by atoms with Gasteiger partial charge in [-0.1, -0.05) is 36.4 Å². The van der Waals surface area contributed by atoms with Crippen molar-refractivity contribution in [3.05, 3.63) is 53.7 Å². The number of ether oxygens (including phenoxy) is 1. The van der Waals surface area contributed by atoms with Crippen LogP contribution in [0.3, 0.4) is 0 Å². The number of aromatic nitrogens is 2. The summed E-state index contributed by atoms with van der Waals surface area (Å²) in [5.74, 6) is 1.08. The molecule has 1 N–H and O–H groups in total. The van der Waals surface area contributed by atoms with E-state index in [9.17, 15) is 0 Å². The van der Waals surface area contributed by atoms with Crippen LogP contribution in [0.5, 0.6) is 6.01 Å². The minimum atomic E-state index is 0.396. The number of piperazine rings is 1. The fourth-order valence-corrected chi connectivity index (χ4v) is 5.90. The van der Waals surface area contributed by atoms with Crippen LogP contribution < -0.4 is 19.9 Å². The molecule has 0 radical (unpaired) electrons. The Bertz CT molecular complexity index is 1190. The number of likely N-dealkylation sites (tertiary alicyclic amines) is 1. The second kappa shape index (κ2) is 9.63. The van der Waals surface area contributed by atoms with Crippen molar-refractivity contribution in [2.45, 2.75) is 44.8 Å². The third-order valence-electron chi connectivity index (χ3n) is 7.98. The predicted octanol–water partition coefficient (Wildman–Crippen LogP) is 3.46. The van der Waals surface area contributed by atoms with E-state index < -0.39 is 0 Å². The molecule has 0 amide bonds. The van der Waals surface area contributed by atoms with Gasteiger partial charge < -0.3 is 24.8 Å². The van der Waals surface area contributed by atoms with Gasteiger partial charge in [-0.05, 0) is 51.2 Å². The predicted molar refractivity (Wildman–Crippen MR) is 142 cm³/mol. The summed E-state index contributed by atoms with van der Waals surface area (Å²) in [6.07, 6.45) is 3.35. The monoisotopic (exact) mass is 472 g/mol. The van der Waals surface area contributed by atoms with Crippen molar-refractivity contribution in [2.24, 2.45) is 0 Å². The highest BCUT2D eigenvalue weighted by atomic mass is 16.5. The molecule has 3 aromatic rings. The maximum Gasteiger partial charge on any atom is 0.318 e. The van der Waals surface area contributed by atoms with Crippen molar-refractivity contribution in [1.82, 2.24) is 20.2 Å². The lowest BCUT2D eigenvalue weighted by Crippen LogP contribution is -2.51. The van der Waals surface area contributed by atoms with Crippen LogP contribution in [0.15, 0.2) is 42.5 Å². The minimum absolute atomic E-state index is 0.396. The zero-order chi connectivity index (χ0) is 23.8. The number of nitrogens with one attached hydrogen (secondary N) is 1. The lowest BCUT2D eigenvalue weighted by atomic mass is 10.0. The molecule has 0 saturated carbocycles. The molecule has 0 aliphatic carbocycles. The Morgan fingerprint density at radius 1 is 1.06 bits per heavy atom. The van der Waals surface area contributed by atoms with E-state index in [0.717, 1.165) is 57.2 Å². The maximum absolute atomic E-state index is 6.28. The summed E-state index contributed by atoms with van der Waals surface area (Å²) in [7, 11) is 2.19. The molecule has 7 nitrogen and oxygen atoms in total. The fourth-order valence-electron chi connectivity index (χ4n) is 5.90. The lowest BCUT2D eigenvalue weighted by molar-refractivity contribution is 0.187. The second-order valence-corrected chi connectivity index (χ2v) is 10.3. The van der Waals surface area contributed by atoms with Gasteiger partial charge in [0.15, 0.2) is 0 Å². The van der Waals surface area contributed by atoms with Crippen LogP contribution in [0.25, 0.3) is 10.8 Å². The number of nitrogens with zero attached hydrogens (tertiary/aromatic N) is 5. The van der Waals surface area contributed by atoms with Crippen LogP contribution >= 0.6 is 0 Å². The first-order valence-corrected chi connectivity index (χ1v) is 13.1. The van der Waals surface area contributed by atoms with Crippen molar-refractivity contribution in [3.63, 3.8) is 0 Å². The Morgan fingerprint density at radius 3 is 2.80 bits per heavy atom. The van der Waals surface area contributed by atoms with Crippen LogP contribution in [0.1, 0.15) is 31.0 Å². The molecule has 184 valence electrons. The van der Waals surface area contributed by atoms with Crippen molar-refractivity contribution in [1.29, 1.82) is 0 Å². The molecule has 0 unspecified atom stereocenters. The first-order valence-electron chi connectivity index (χ1n) is 13.1. The van der Waals surface area contributed by atoms with E-state index in [2.05, 4.69) is 76.5 Å². The molecule has 0 spiro atoms. The third-order valence-corrected chi connectivity index (χ3v) is 7.98. The van der Waals surface area contributed by atoms with Gasteiger partial charge in [0.1, 0.15) is 12.4 Å². The van der Waals surface area contributed by atoms with Crippen LogP contribution in [0, 0.1) is 0 Å². The van der Waals surface area contributed by atoms with E-state index in [4.69, 9.17) is 14.7 Å². The lowest BCUT2D eigenvalue weighted by Gasteiger charge is -2.38. The Kier molecular flexibility index (Phi) is 6.20. The van der Waals surface area contributed by atoms with Gasteiger partial charge >= 0.3 is 6.01 Å². The number of benzene rings is 2. The minimum Gasteiger partial charge on any atom is -0.462 e. The second-order valence-electron chi connectivity index (χ2n) is 10.3. The van der Waals surface area contributed by atoms with E-state index in [1.807, 2.05) is 0 Å². The van der Waals surface area contributed by atoms with E-state index in [-0.39, 0.29) is 0 Å². The molecule has 1 aromatic heterocycles. The van der Waals surface area contributed by atoms with Gasteiger partial charge in [0.25, 0.3) is 0 Å². The fraction of sp³-hybridized carbons (Fsp3) is 0.500. The normalized spacial score (nSPS) is 23.0. The molecule has 3 aliphatic rings. The zero-order valence-corrected chi connectivity index (χ0v) is 20.9. The molecule has 2 saturated heterocycles.